The first kappa shape index (κ1) is 14.3. The highest BCUT2D eigenvalue weighted by molar-refractivity contribution is 5.78. The van der Waals surface area contributed by atoms with Crippen molar-refractivity contribution >= 4 is 11.9 Å². The van der Waals surface area contributed by atoms with Crippen molar-refractivity contribution in [3.63, 3.8) is 0 Å². The zero-order valence-corrected chi connectivity index (χ0v) is 11.4. The van der Waals surface area contributed by atoms with Crippen LogP contribution in [0.3, 0.4) is 0 Å². The minimum atomic E-state index is -0.745. The number of nitrogens with zero attached hydrogens (tertiary/aromatic N) is 1. The van der Waals surface area contributed by atoms with Gasteiger partial charge in [0.25, 0.3) is 0 Å². The third-order valence-corrected chi connectivity index (χ3v) is 4.30. The highest BCUT2D eigenvalue weighted by atomic mass is 16.4. The first-order valence-corrected chi connectivity index (χ1v) is 7.37. The number of aliphatic carboxylic acids is 1. The number of carbonyl (C=O) groups is 2. The molecule has 1 atom stereocenters. The minimum absolute atomic E-state index is 0.0385. The summed E-state index contributed by atoms with van der Waals surface area (Å²) in [5, 5.41) is 11.9. The molecule has 0 radical (unpaired) electrons. The average Bonchev–Trinajstić information content (AvgIpc) is 2.86. The summed E-state index contributed by atoms with van der Waals surface area (Å²) < 4.78 is 0. The maximum Gasteiger partial charge on any atom is 0.307 e. The third-order valence-electron chi connectivity index (χ3n) is 4.30. The number of nitrogens with one attached hydrogen (secondary N) is 1. The van der Waals surface area contributed by atoms with Gasteiger partial charge >= 0.3 is 5.97 Å². The molecule has 1 unspecified atom stereocenters. The molecule has 1 saturated carbocycles. The van der Waals surface area contributed by atoms with Gasteiger partial charge in [-0.2, -0.15) is 0 Å². The topological polar surface area (TPSA) is 69.6 Å². The SMILES string of the molecule is O=C(CN1CCC(C(=O)O)C1)NCC1CCCCC1. The van der Waals surface area contributed by atoms with Crippen LogP contribution in [0.5, 0.6) is 0 Å². The second-order valence-corrected chi connectivity index (χ2v) is 5.87. The van der Waals surface area contributed by atoms with E-state index in [1.807, 2.05) is 4.90 Å². The van der Waals surface area contributed by atoms with E-state index in [2.05, 4.69) is 5.32 Å². The summed E-state index contributed by atoms with van der Waals surface area (Å²) in [7, 11) is 0. The number of hydrogen-bond acceptors (Lipinski definition) is 3. The van der Waals surface area contributed by atoms with Crippen LogP contribution in [0.15, 0.2) is 0 Å². The fourth-order valence-electron chi connectivity index (χ4n) is 3.09. The van der Waals surface area contributed by atoms with Crippen LogP contribution in [0.1, 0.15) is 38.5 Å². The quantitative estimate of drug-likeness (QED) is 0.783. The normalized spacial score (nSPS) is 25.4. The predicted octanol–water partition coefficient (Wildman–Crippen LogP) is 1.09. The van der Waals surface area contributed by atoms with E-state index in [4.69, 9.17) is 5.11 Å². The Labute approximate surface area is 114 Å². The maximum absolute atomic E-state index is 11.8. The molecule has 108 valence electrons. The molecule has 0 spiro atoms. The number of likely N-dealkylation sites (tertiary alicyclic amines) is 1. The molecule has 1 aliphatic carbocycles. The summed E-state index contributed by atoms with van der Waals surface area (Å²) in [6.07, 6.45) is 7.01. The summed E-state index contributed by atoms with van der Waals surface area (Å²) in [6, 6.07) is 0. The molecule has 2 N–H and O–H groups in total. The highest BCUT2D eigenvalue weighted by Gasteiger charge is 2.28. The van der Waals surface area contributed by atoms with E-state index < -0.39 is 5.97 Å². The van der Waals surface area contributed by atoms with Crippen LogP contribution in [0.25, 0.3) is 0 Å². The molecular weight excluding hydrogens is 244 g/mol. The van der Waals surface area contributed by atoms with Gasteiger partial charge in [-0.1, -0.05) is 19.3 Å². The van der Waals surface area contributed by atoms with Crippen LogP contribution in [-0.4, -0.2) is 48.1 Å². The fourth-order valence-corrected chi connectivity index (χ4v) is 3.09. The fraction of sp³-hybridized carbons (Fsp3) is 0.857. The number of amides is 1. The molecule has 5 heteroatoms. The van der Waals surface area contributed by atoms with Gasteiger partial charge in [0, 0.05) is 13.1 Å². The van der Waals surface area contributed by atoms with E-state index in [1.54, 1.807) is 0 Å². The maximum atomic E-state index is 11.8. The van der Waals surface area contributed by atoms with Crippen LogP contribution in [0.4, 0.5) is 0 Å². The molecule has 1 heterocycles. The summed E-state index contributed by atoms with van der Waals surface area (Å²) in [6.45, 7) is 2.35. The van der Waals surface area contributed by atoms with Crippen molar-refractivity contribution in [1.82, 2.24) is 10.2 Å². The van der Waals surface area contributed by atoms with Gasteiger partial charge in [0.1, 0.15) is 0 Å². The van der Waals surface area contributed by atoms with Crippen molar-refractivity contribution in [2.45, 2.75) is 38.5 Å². The summed E-state index contributed by atoms with van der Waals surface area (Å²) in [5.74, 6) is -0.365. The molecule has 0 bridgehead atoms. The van der Waals surface area contributed by atoms with Crippen LogP contribution >= 0.6 is 0 Å². The molecule has 2 aliphatic rings. The van der Waals surface area contributed by atoms with Crippen molar-refractivity contribution in [3.8, 4) is 0 Å². The highest BCUT2D eigenvalue weighted by Crippen LogP contribution is 2.22. The van der Waals surface area contributed by atoms with Crippen molar-refractivity contribution < 1.29 is 14.7 Å². The average molecular weight is 268 g/mol. The Morgan fingerprint density at radius 2 is 1.89 bits per heavy atom. The van der Waals surface area contributed by atoms with Gasteiger partial charge < -0.3 is 10.4 Å². The molecule has 0 aromatic heterocycles. The molecular formula is C14H24N2O3. The molecule has 19 heavy (non-hydrogen) atoms. The van der Waals surface area contributed by atoms with Gasteiger partial charge in [-0.15, -0.1) is 0 Å². The molecule has 1 amide bonds. The first-order chi connectivity index (χ1) is 9.15. The molecule has 1 saturated heterocycles. The number of carboxylic acids is 1. The van der Waals surface area contributed by atoms with Crippen molar-refractivity contribution in [1.29, 1.82) is 0 Å². The van der Waals surface area contributed by atoms with Crippen LogP contribution in [-0.2, 0) is 9.59 Å². The molecule has 0 aromatic carbocycles. The second kappa shape index (κ2) is 6.89. The lowest BCUT2D eigenvalue weighted by Gasteiger charge is -2.22. The van der Waals surface area contributed by atoms with E-state index in [9.17, 15) is 9.59 Å². The summed E-state index contributed by atoms with van der Waals surface area (Å²) in [5.41, 5.74) is 0. The zero-order chi connectivity index (χ0) is 13.7. The Kier molecular flexibility index (Phi) is 5.19. The van der Waals surface area contributed by atoms with Gasteiger partial charge in [-0.25, -0.2) is 0 Å². The van der Waals surface area contributed by atoms with Crippen LogP contribution < -0.4 is 5.32 Å². The number of rotatable bonds is 5. The Balaban J connectivity index is 1.63. The first-order valence-electron chi connectivity index (χ1n) is 7.37. The van der Waals surface area contributed by atoms with Crippen LogP contribution in [0, 0.1) is 11.8 Å². The predicted molar refractivity (Wildman–Crippen MR) is 71.8 cm³/mol. The Hall–Kier alpha value is -1.10. The molecule has 1 aliphatic heterocycles. The van der Waals surface area contributed by atoms with Crippen molar-refractivity contribution in [2.24, 2.45) is 11.8 Å². The Bertz CT molecular complexity index is 327. The lowest BCUT2D eigenvalue weighted by Crippen LogP contribution is -2.38. The summed E-state index contributed by atoms with van der Waals surface area (Å²) in [4.78, 5) is 24.6. The monoisotopic (exact) mass is 268 g/mol. The third kappa shape index (κ3) is 4.49. The number of carbonyl (C=O) groups excluding carboxylic acids is 1. The van der Waals surface area contributed by atoms with Gasteiger partial charge in [-0.3, -0.25) is 14.5 Å². The zero-order valence-electron chi connectivity index (χ0n) is 11.4. The molecule has 0 aromatic rings. The van der Waals surface area contributed by atoms with E-state index in [0.717, 1.165) is 6.54 Å². The minimum Gasteiger partial charge on any atom is -0.481 e. The van der Waals surface area contributed by atoms with E-state index in [0.29, 0.717) is 32.0 Å². The standard InChI is InChI=1S/C14H24N2O3/c17-13(15-8-11-4-2-1-3-5-11)10-16-7-6-12(9-16)14(18)19/h11-12H,1-10H2,(H,15,17)(H,18,19). The van der Waals surface area contributed by atoms with Crippen molar-refractivity contribution in [2.75, 3.05) is 26.2 Å². The second-order valence-electron chi connectivity index (χ2n) is 5.87. The van der Waals surface area contributed by atoms with Gasteiger partial charge in [-0.05, 0) is 31.7 Å². The lowest BCUT2D eigenvalue weighted by molar-refractivity contribution is -0.141. The number of hydrogen-bond donors (Lipinski definition) is 2. The largest absolute Gasteiger partial charge is 0.481 e. The van der Waals surface area contributed by atoms with Crippen LogP contribution in [0.2, 0.25) is 0 Å². The smallest absolute Gasteiger partial charge is 0.307 e. The lowest BCUT2D eigenvalue weighted by atomic mass is 9.89. The van der Waals surface area contributed by atoms with E-state index in [1.165, 1.54) is 32.1 Å². The van der Waals surface area contributed by atoms with Gasteiger partial charge in [0.05, 0.1) is 12.5 Å². The molecule has 2 rings (SSSR count). The Morgan fingerprint density at radius 1 is 1.16 bits per heavy atom. The van der Waals surface area contributed by atoms with Gasteiger partial charge in [0.2, 0.25) is 5.91 Å². The molecule has 5 nitrogen and oxygen atoms in total. The molecule has 2 fully saturated rings. The van der Waals surface area contributed by atoms with Crippen molar-refractivity contribution in [3.05, 3.63) is 0 Å². The Morgan fingerprint density at radius 3 is 2.53 bits per heavy atom. The summed E-state index contributed by atoms with van der Waals surface area (Å²) >= 11 is 0. The number of carboxylic acid groups (broad SMARTS) is 1. The van der Waals surface area contributed by atoms with Gasteiger partial charge in [0.15, 0.2) is 0 Å². The van der Waals surface area contributed by atoms with E-state index >= 15 is 0 Å². The van der Waals surface area contributed by atoms with E-state index in [-0.39, 0.29) is 11.8 Å².